The molecule has 2 heterocycles. The Morgan fingerprint density at radius 3 is 2.37 bits per heavy atom. The molecule has 0 aromatic heterocycles. The summed E-state index contributed by atoms with van der Waals surface area (Å²) < 4.78 is 17.6. The lowest BCUT2D eigenvalue weighted by atomic mass is 9.83. The number of carbonyl (C=O) groups is 7. The summed E-state index contributed by atoms with van der Waals surface area (Å²) in [6, 6.07) is 11.5. The van der Waals surface area contributed by atoms with Crippen LogP contribution in [0.5, 0.6) is 5.75 Å². The second kappa shape index (κ2) is 21.8. The first-order chi connectivity index (χ1) is 28.7. The number of nitrogens with zero attached hydrogens (tertiary/aromatic N) is 1. The summed E-state index contributed by atoms with van der Waals surface area (Å²) in [7, 11) is 0. The topological polar surface area (TPSA) is 199 Å². The average Bonchev–Trinajstić information content (AvgIpc) is 3.66. The van der Waals surface area contributed by atoms with Gasteiger partial charge < -0.3 is 40.4 Å². The van der Waals surface area contributed by atoms with Gasteiger partial charge in [0.2, 0.25) is 29.4 Å². The van der Waals surface area contributed by atoms with E-state index in [1.807, 2.05) is 24.3 Å². The Bertz CT molecular complexity index is 1830. The number of amides is 5. The number of rotatable bonds is 12. The fourth-order valence-electron chi connectivity index (χ4n) is 7.96. The number of hydrogen-bond donors (Lipinski definition) is 4. The Morgan fingerprint density at radius 2 is 1.65 bits per heavy atom. The van der Waals surface area contributed by atoms with E-state index in [1.165, 1.54) is 4.90 Å². The largest absolute Gasteiger partial charge is 0.494 e. The molecular weight excluding hydrogens is 771 g/mol. The molecule has 1 saturated carbocycles. The van der Waals surface area contributed by atoms with Crippen molar-refractivity contribution in [2.45, 2.75) is 134 Å². The van der Waals surface area contributed by atoms with Crippen molar-refractivity contribution in [2.24, 2.45) is 5.92 Å². The molecule has 1 aliphatic carbocycles. The smallest absolute Gasteiger partial charge is 0.333 e. The maximum atomic E-state index is 14.6. The number of carbonyl (C=O) groups excluding carboxylic acids is 7. The third-order valence-corrected chi connectivity index (χ3v) is 10.9. The van der Waals surface area contributed by atoms with Crippen molar-refractivity contribution in [2.75, 3.05) is 26.3 Å². The van der Waals surface area contributed by atoms with Gasteiger partial charge in [-0.15, -0.1) is 0 Å². The second-order valence-corrected chi connectivity index (χ2v) is 16.9. The maximum Gasteiger partial charge on any atom is 0.333 e. The Labute approximate surface area is 352 Å². The molecule has 4 N–H and O–H groups in total. The van der Waals surface area contributed by atoms with Crippen LogP contribution in [-0.2, 0) is 49.5 Å². The summed E-state index contributed by atoms with van der Waals surface area (Å²) in [4.78, 5) is 96.7. The first-order valence-electron chi connectivity index (χ1n) is 21.3. The van der Waals surface area contributed by atoms with Gasteiger partial charge in [0.05, 0.1) is 31.7 Å². The number of esters is 1. The molecule has 1 unspecified atom stereocenters. The summed E-state index contributed by atoms with van der Waals surface area (Å²) in [6.07, 6.45) is 6.02. The van der Waals surface area contributed by atoms with Crippen LogP contribution in [0, 0.1) is 5.92 Å². The van der Waals surface area contributed by atoms with E-state index < -0.39 is 71.9 Å². The van der Waals surface area contributed by atoms with Crippen LogP contribution in [0.1, 0.15) is 109 Å². The summed E-state index contributed by atoms with van der Waals surface area (Å²) >= 11 is 0. The lowest BCUT2D eigenvalue weighted by Crippen LogP contribution is -2.58. The minimum absolute atomic E-state index is 0.0469. The molecule has 15 heteroatoms. The maximum absolute atomic E-state index is 14.6. The molecule has 2 aliphatic heterocycles. The van der Waals surface area contributed by atoms with Crippen LogP contribution < -0.4 is 26.0 Å². The number of ketones is 1. The molecule has 1 saturated heterocycles. The van der Waals surface area contributed by atoms with E-state index in [2.05, 4.69) is 21.3 Å². The molecule has 4 bridgehead atoms. The van der Waals surface area contributed by atoms with E-state index in [9.17, 15) is 33.6 Å². The number of Topliss-reactive ketones (excluding diaryl/α,β-unsaturated/α-hetero) is 1. The zero-order chi connectivity index (χ0) is 43.2. The van der Waals surface area contributed by atoms with Crippen molar-refractivity contribution in [1.29, 1.82) is 0 Å². The number of ether oxygens (including phenoxy) is 3. The van der Waals surface area contributed by atoms with Gasteiger partial charge >= 0.3 is 5.97 Å². The van der Waals surface area contributed by atoms with E-state index in [-0.39, 0.29) is 43.5 Å². The summed E-state index contributed by atoms with van der Waals surface area (Å²) in [6.45, 7) is 7.22. The van der Waals surface area contributed by atoms with Gasteiger partial charge in [0.25, 0.3) is 5.91 Å². The first kappa shape index (κ1) is 45.8. The highest BCUT2D eigenvalue weighted by atomic mass is 16.6. The number of nitrogens with one attached hydrogen (secondary N) is 4. The SMILES string of the molecule is CCCC(NC(=O)[C@@H]1C[C@@H]2CN1C(=O)[C@H](C1CCCCC1)NC(=O)Cc1cccc(c1)OCCCCO2)C(=O)C(=O)NCC(=O)N[C@H](C(=O)OC(C)(C)C)c1ccccc1. The molecule has 326 valence electrons. The van der Waals surface area contributed by atoms with Crippen molar-refractivity contribution >= 4 is 41.3 Å². The fourth-order valence-corrected chi connectivity index (χ4v) is 7.96. The molecule has 5 rings (SSSR count). The Balaban J connectivity index is 1.28. The van der Waals surface area contributed by atoms with Gasteiger partial charge in [0.1, 0.15) is 23.4 Å². The van der Waals surface area contributed by atoms with Crippen molar-refractivity contribution in [3.63, 3.8) is 0 Å². The quantitative estimate of drug-likeness (QED) is 0.181. The van der Waals surface area contributed by atoms with E-state index in [1.54, 1.807) is 58.0 Å². The van der Waals surface area contributed by atoms with Crippen molar-refractivity contribution in [3.05, 3.63) is 65.7 Å². The van der Waals surface area contributed by atoms with Crippen molar-refractivity contribution < 1.29 is 47.8 Å². The van der Waals surface area contributed by atoms with Crippen LogP contribution in [0.25, 0.3) is 0 Å². The lowest BCUT2D eigenvalue weighted by molar-refractivity contribution is -0.158. The molecule has 2 fully saturated rings. The fraction of sp³-hybridized carbons (Fsp3) is 0.578. The minimum atomic E-state index is -1.25. The molecule has 2 aromatic carbocycles. The van der Waals surface area contributed by atoms with Gasteiger partial charge in [0, 0.05) is 19.6 Å². The van der Waals surface area contributed by atoms with E-state index >= 15 is 0 Å². The van der Waals surface area contributed by atoms with E-state index in [0.29, 0.717) is 43.8 Å². The highest BCUT2D eigenvalue weighted by molar-refractivity contribution is 6.38. The van der Waals surface area contributed by atoms with Crippen LogP contribution in [0.15, 0.2) is 54.6 Å². The van der Waals surface area contributed by atoms with Crippen LogP contribution in [0.2, 0.25) is 0 Å². The zero-order valence-electron chi connectivity index (χ0n) is 35.3. The highest BCUT2D eigenvalue weighted by Crippen LogP contribution is 2.31. The molecule has 5 atom stereocenters. The highest BCUT2D eigenvalue weighted by Gasteiger charge is 2.45. The standard InChI is InChI=1S/C45H61N5O10/c1-5-15-34(40(53)42(55)46-27-37(52)49-39(31-19-10-7-11-20-31)44(57)60-45(2,3)4)47-41(54)35-26-33-28-50(35)43(56)38(30-17-8-6-9-18-30)48-36(51)25-29-16-14-21-32(24-29)58-22-12-13-23-59-33/h7,10-11,14,16,19-21,24,30,33-35,38-39H,5-6,8-9,12-13,15,17-18,22-23,25-28H2,1-4H3,(H,46,55)(H,47,54)(H,48,51)(H,49,52)/t33-,34?,35+,38+,39+/m1/s1. The Hall–Kier alpha value is -5.31. The van der Waals surface area contributed by atoms with Gasteiger partial charge in [-0.2, -0.15) is 0 Å². The van der Waals surface area contributed by atoms with Crippen molar-refractivity contribution in [1.82, 2.24) is 26.2 Å². The molecule has 60 heavy (non-hydrogen) atoms. The van der Waals surface area contributed by atoms with Gasteiger partial charge in [0.15, 0.2) is 6.04 Å². The molecule has 2 aromatic rings. The average molecular weight is 832 g/mol. The van der Waals surface area contributed by atoms with Gasteiger partial charge in [-0.05, 0) is 82.1 Å². The summed E-state index contributed by atoms with van der Waals surface area (Å²) in [5, 5.41) is 10.7. The second-order valence-electron chi connectivity index (χ2n) is 16.9. The first-order valence-corrected chi connectivity index (χ1v) is 21.3. The van der Waals surface area contributed by atoms with Crippen LogP contribution >= 0.6 is 0 Å². The Morgan fingerprint density at radius 1 is 0.917 bits per heavy atom. The molecule has 0 radical (unpaired) electrons. The predicted octanol–water partition coefficient (Wildman–Crippen LogP) is 3.62. The van der Waals surface area contributed by atoms with Crippen LogP contribution in [-0.4, -0.2) is 102 Å². The molecular formula is C45H61N5O10. The third-order valence-electron chi connectivity index (χ3n) is 10.9. The van der Waals surface area contributed by atoms with Gasteiger partial charge in [-0.3, -0.25) is 28.8 Å². The van der Waals surface area contributed by atoms with E-state index in [4.69, 9.17) is 14.2 Å². The number of hydrogen-bond acceptors (Lipinski definition) is 10. The van der Waals surface area contributed by atoms with Crippen LogP contribution in [0.4, 0.5) is 0 Å². The summed E-state index contributed by atoms with van der Waals surface area (Å²) in [5.41, 5.74) is 0.393. The molecule has 0 spiro atoms. The van der Waals surface area contributed by atoms with Crippen molar-refractivity contribution in [3.8, 4) is 5.75 Å². The van der Waals surface area contributed by atoms with Gasteiger partial charge in [-0.25, -0.2) is 4.79 Å². The monoisotopic (exact) mass is 831 g/mol. The predicted molar refractivity (Wildman–Crippen MR) is 221 cm³/mol. The molecule has 5 amide bonds. The van der Waals surface area contributed by atoms with Gasteiger partial charge in [-0.1, -0.05) is 75.1 Å². The number of fused-ring (bicyclic) bond motifs is 4. The lowest BCUT2D eigenvalue weighted by Gasteiger charge is -2.35. The Kier molecular flexibility index (Phi) is 16.6. The third kappa shape index (κ3) is 13.4. The molecule has 15 nitrogen and oxygen atoms in total. The number of benzene rings is 2. The van der Waals surface area contributed by atoms with E-state index in [0.717, 1.165) is 37.7 Å². The normalized spacial score (nSPS) is 21.6. The minimum Gasteiger partial charge on any atom is -0.494 e. The summed E-state index contributed by atoms with van der Waals surface area (Å²) in [5.74, 6) is -4.28. The van der Waals surface area contributed by atoms with Crippen LogP contribution in [0.3, 0.4) is 0 Å². The molecule has 3 aliphatic rings. The zero-order valence-corrected chi connectivity index (χ0v) is 35.3.